The number of hydrogen-bond acceptors (Lipinski definition) is 11. The summed E-state index contributed by atoms with van der Waals surface area (Å²) in [5, 5.41) is 56.0. The highest BCUT2D eigenvalue weighted by Gasteiger charge is 2.31. The number of nitrogens with one attached hydrogen (secondary N) is 2. The first-order chi connectivity index (χ1) is 24.5. The summed E-state index contributed by atoms with van der Waals surface area (Å²) in [6.45, 7) is 6.01. The number of primary amides is 1. The quantitative estimate of drug-likeness (QED) is 0.0616. The van der Waals surface area contributed by atoms with E-state index in [0.29, 0.717) is 50.4 Å². The van der Waals surface area contributed by atoms with Gasteiger partial charge in [0.2, 0.25) is 0 Å². The average Bonchev–Trinajstić information content (AvgIpc) is 3.13. The van der Waals surface area contributed by atoms with Gasteiger partial charge in [-0.15, -0.1) is 24.8 Å². The fraction of sp³-hybridized carbons (Fsp3) is 0.526. The number of amides is 2. The van der Waals surface area contributed by atoms with Gasteiger partial charge in [0.05, 0.1) is 18.4 Å². The zero-order valence-corrected chi connectivity index (χ0v) is 32.3. The Balaban J connectivity index is 0.00000702. The molecule has 0 saturated heterocycles. The maximum atomic E-state index is 13.0. The fourth-order valence-electron chi connectivity index (χ4n) is 5.98. The number of aromatic nitrogens is 2. The van der Waals surface area contributed by atoms with Crippen molar-refractivity contribution in [3.8, 4) is 0 Å². The van der Waals surface area contributed by atoms with Gasteiger partial charge in [-0.2, -0.15) is 0 Å². The van der Waals surface area contributed by atoms with Crippen LogP contribution in [0.25, 0.3) is 0 Å². The summed E-state index contributed by atoms with van der Waals surface area (Å²) in [7, 11) is 0. The van der Waals surface area contributed by atoms with Gasteiger partial charge in [-0.05, 0) is 74.0 Å². The first-order valence-corrected chi connectivity index (χ1v) is 17.8. The van der Waals surface area contributed by atoms with Gasteiger partial charge < -0.3 is 41.9 Å². The molecular formula is C38H58Cl2N6O7. The number of nitrogens with two attached hydrogens (primary N) is 1. The molecule has 2 amide bonds. The van der Waals surface area contributed by atoms with Crippen molar-refractivity contribution >= 4 is 36.6 Å². The number of nitrogens with zero attached hydrogens (tertiary/aromatic N) is 3. The zero-order chi connectivity index (χ0) is 37.2. The Labute approximate surface area is 325 Å². The maximum absolute atomic E-state index is 13.0. The lowest BCUT2D eigenvalue weighted by molar-refractivity contribution is -0.119. The summed E-state index contributed by atoms with van der Waals surface area (Å²) in [6, 6.07) is 15.6. The molecule has 0 spiro atoms. The van der Waals surface area contributed by atoms with Gasteiger partial charge in [-0.25, -0.2) is 4.98 Å². The van der Waals surface area contributed by atoms with Crippen molar-refractivity contribution in [2.24, 2.45) is 11.7 Å². The summed E-state index contributed by atoms with van der Waals surface area (Å²) < 4.78 is 0. The van der Waals surface area contributed by atoms with E-state index in [-0.39, 0.29) is 48.9 Å². The van der Waals surface area contributed by atoms with E-state index in [0.717, 1.165) is 37.7 Å². The number of aryl methyl sites for hydroxylation is 1. The molecule has 15 heteroatoms. The summed E-state index contributed by atoms with van der Waals surface area (Å²) in [4.78, 5) is 35.4. The smallest absolute Gasteiger partial charge is 0.269 e. The molecule has 3 aromatic rings. The molecule has 296 valence electrons. The number of unbranched alkanes of at least 4 members (excludes halogenated alkanes) is 3. The van der Waals surface area contributed by atoms with Gasteiger partial charge in [0.1, 0.15) is 24.0 Å². The topological polar surface area (TPSA) is 214 Å². The minimum Gasteiger partial charge on any atom is -0.394 e. The number of benzene rings is 2. The zero-order valence-electron chi connectivity index (χ0n) is 30.6. The lowest BCUT2D eigenvalue weighted by atomic mass is 9.91. The second-order valence-corrected chi connectivity index (χ2v) is 13.2. The molecule has 9 N–H and O–H groups in total. The van der Waals surface area contributed by atoms with E-state index in [1.54, 1.807) is 18.3 Å². The number of halogens is 2. The predicted molar refractivity (Wildman–Crippen MR) is 209 cm³/mol. The Hall–Kier alpha value is -3.24. The van der Waals surface area contributed by atoms with Crippen molar-refractivity contribution in [1.82, 2.24) is 25.5 Å². The standard InChI is InChI=1S/C38H56N6O7.2ClH/c1-3-4-5-8-18-44(24-32(46)35(48)36(49)33(47)25-45)19-17-43-38(51)29-13-11-27(12-14-29)22-40-23-28(20-30-10-7-6-9-26(30)2)21-31-34(37(39)50)42-16-15-41-31;;/h6-7,9-16,28,32-33,35-36,40,45-49H,3-5,8,17-25H2,1-2H3,(H2,39,50)(H,43,51);2*1H/t28-,32+,33-,35-,36-;;/m1../s1. The Bertz CT molecular complexity index is 1490. The number of aliphatic hydroxyl groups excluding tert-OH is 5. The number of aliphatic hydroxyl groups is 5. The molecule has 1 aromatic heterocycles. The lowest BCUT2D eigenvalue weighted by Gasteiger charge is -2.30. The first-order valence-electron chi connectivity index (χ1n) is 17.8. The largest absolute Gasteiger partial charge is 0.394 e. The molecule has 5 atom stereocenters. The van der Waals surface area contributed by atoms with Crippen molar-refractivity contribution in [3.63, 3.8) is 0 Å². The predicted octanol–water partition coefficient (Wildman–Crippen LogP) is 1.97. The van der Waals surface area contributed by atoms with Crippen LogP contribution >= 0.6 is 24.8 Å². The third kappa shape index (κ3) is 16.3. The summed E-state index contributed by atoms with van der Waals surface area (Å²) >= 11 is 0. The molecule has 13 nitrogen and oxygen atoms in total. The minimum atomic E-state index is -1.69. The van der Waals surface area contributed by atoms with Crippen molar-refractivity contribution < 1.29 is 35.1 Å². The summed E-state index contributed by atoms with van der Waals surface area (Å²) in [6.07, 6.45) is 2.07. The van der Waals surface area contributed by atoms with Gasteiger partial charge in [-0.1, -0.05) is 62.6 Å². The van der Waals surface area contributed by atoms with Gasteiger partial charge in [0.25, 0.3) is 11.8 Å². The van der Waals surface area contributed by atoms with Crippen LogP contribution in [0.15, 0.2) is 60.9 Å². The van der Waals surface area contributed by atoms with Crippen LogP contribution in [0, 0.1) is 12.8 Å². The van der Waals surface area contributed by atoms with Crippen LogP contribution in [0.4, 0.5) is 0 Å². The highest BCUT2D eigenvalue weighted by Crippen LogP contribution is 2.18. The Kier molecular flexibility index (Phi) is 23.2. The molecule has 0 aliphatic carbocycles. The molecular weight excluding hydrogens is 723 g/mol. The number of carbonyl (C=O) groups is 2. The number of carbonyl (C=O) groups excluding carboxylic acids is 2. The second kappa shape index (κ2) is 25.7. The van der Waals surface area contributed by atoms with Crippen LogP contribution < -0.4 is 16.4 Å². The van der Waals surface area contributed by atoms with E-state index < -0.39 is 36.9 Å². The Morgan fingerprint density at radius 3 is 2.21 bits per heavy atom. The van der Waals surface area contributed by atoms with Gasteiger partial charge in [-0.3, -0.25) is 19.5 Å². The molecule has 1 heterocycles. The molecule has 3 rings (SSSR count). The molecule has 0 fully saturated rings. The van der Waals surface area contributed by atoms with Crippen molar-refractivity contribution in [1.29, 1.82) is 0 Å². The van der Waals surface area contributed by atoms with E-state index in [4.69, 9.17) is 10.8 Å². The third-order valence-electron chi connectivity index (χ3n) is 9.05. The molecule has 2 aromatic carbocycles. The van der Waals surface area contributed by atoms with Crippen molar-refractivity contribution in [2.75, 3.05) is 39.3 Å². The van der Waals surface area contributed by atoms with Crippen molar-refractivity contribution in [3.05, 3.63) is 94.6 Å². The van der Waals surface area contributed by atoms with Crippen LogP contribution in [-0.4, -0.2) is 116 Å². The van der Waals surface area contributed by atoms with E-state index in [1.807, 2.05) is 29.2 Å². The average molecular weight is 782 g/mol. The van der Waals surface area contributed by atoms with E-state index in [9.17, 15) is 30.0 Å². The van der Waals surface area contributed by atoms with Crippen LogP contribution in [0.3, 0.4) is 0 Å². The summed E-state index contributed by atoms with van der Waals surface area (Å²) in [5.41, 5.74) is 10.2. The SMILES string of the molecule is CCCCCCN(CCNC(=O)c1ccc(CNC[C@H](Cc2ccccc2C)Cc2nccnc2C(N)=O)cc1)C[C@H](O)[C@@H](O)[C@H](O)[C@H](O)CO.Cl.Cl. The van der Waals surface area contributed by atoms with Gasteiger partial charge in [0.15, 0.2) is 0 Å². The van der Waals surface area contributed by atoms with Crippen LogP contribution in [-0.2, 0) is 19.4 Å². The van der Waals surface area contributed by atoms with Gasteiger partial charge >= 0.3 is 0 Å². The van der Waals surface area contributed by atoms with Crippen molar-refractivity contribution in [2.45, 2.75) is 83.3 Å². The van der Waals surface area contributed by atoms with Crippen LogP contribution in [0.1, 0.15) is 75.8 Å². The molecule has 0 aliphatic rings. The molecule has 0 aliphatic heterocycles. The number of rotatable bonds is 24. The van der Waals surface area contributed by atoms with Crippen LogP contribution in [0.2, 0.25) is 0 Å². The minimum absolute atomic E-state index is 0. The molecule has 53 heavy (non-hydrogen) atoms. The summed E-state index contributed by atoms with van der Waals surface area (Å²) in [5.74, 6) is -0.732. The molecule has 0 saturated carbocycles. The van der Waals surface area contributed by atoms with E-state index in [2.05, 4.69) is 46.6 Å². The highest BCUT2D eigenvalue weighted by atomic mass is 35.5. The van der Waals surface area contributed by atoms with E-state index in [1.165, 1.54) is 17.3 Å². The number of hydrogen-bond donors (Lipinski definition) is 8. The van der Waals surface area contributed by atoms with E-state index >= 15 is 0 Å². The molecule has 0 radical (unpaired) electrons. The fourth-order valence-corrected chi connectivity index (χ4v) is 5.98. The molecule has 0 bridgehead atoms. The lowest BCUT2D eigenvalue weighted by Crippen LogP contribution is -2.50. The first kappa shape index (κ1) is 47.8. The normalized spacial score (nSPS) is 14.0. The maximum Gasteiger partial charge on any atom is 0.269 e. The molecule has 0 unspecified atom stereocenters. The Morgan fingerprint density at radius 1 is 0.868 bits per heavy atom. The highest BCUT2D eigenvalue weighted by molar-refractivity contribution is 5.94. The van der Waals surface area contributed by atoms with Gasteiger partial charge in [0, 0.05) is 44.1 Å². The third-order valence-corrected chi connectivity index (χ3v) is 9.05. The monoisotopic (exact) mass is 780 g/mol. The Morgan fingerprint density at radius 2 is 1.55 bits per heavy atom. The van der Waals surface area contributed by atoms with Crippen LogP contribution in [0.5, 0.6) is 0 Å². The second-order valence-electron chi connectivity index (χ2n) is 13.2.